The Morgan fingerprint density at radius 2 is 1.91 bits per heavy atom. The van der Waals surface area contributed by atoms with Crippen molar-refractivity contribution in [1.29, 1.82) is 0 Å². The first-order chi connectivity index (χ1) is 10.5. The highest BCUT2D eigenvalue weighted by molar-refractivity contribution is 5.88. The molecule has 1 aliphatic carbocycles. The lowest BCUT2D eigenvalue weighted by Crippen LogP contribution is -2.52. The molecular weight excluding hydrogens is 281 g/mol. The Bertz CT molecular complexity index is 537. The van der Waals surface area contributed by atoms with E-state index in [9.17, 15) is 14.3 Å². The van der Waals surface area contributed by atoms with Gasteiger partial charge in [0.2, 0.25) is 5.91 Å². The molecular formula is C18H24FNO2. The van der Waals surface area contributed by atoms with Crippen molar-refractivity contribution < 1.29 is 14.3 Å². The molecule has 1 aromatic carbocycles. The molecule has 22 heavy (non-hydrogen) atoms. The number of aliphatic hydroxyl groups excluding tert-OH is 1. The Morgan fingerprint density at radius 1 is 1.27 bits per heavy atom. The predicted molar refractivity (Wildman–Crippen MR) is 82.9 cm³/mol. The second-order valence-electron chi connectivity index (χ2n) is 6.88. The maximum Gasteiger partial charge on any atom is 0.233 e. The summed E-state index contributed by atoms with van der Waals surface area (Å²) in [6, 6.07) is 6.38. The van der Waals surface area contributed by atoms with Gasteiger partial charge in [-0.25, -0.2) is 4.39 Å². The summed E-state index contributed by atoms with van der Waals surface area (Å²) in [4.78, 5) is 15.0. The monoisotopic (exact) mass is 305 g/mol. The number of amides is 1. The highest BCUT2D eigenvalue weighted by Gasteiger charge is 2.46. The van der Waals surface area contributed by atoms with Crippen LogP contribution in [0.2, 0.25) is 0 Å². The second kappa shape index (κ2) is 5.99. The highest BCUT2D eigenvalue weighted by atomic mass is 19.1. The summed E-state index contributed by atoms with van der Waals surface area (Å²) in [6.07, 6.45) is 4.08. The topological polar surface area (TPSA) is 40.5 Å². The van der Waals surface area contributed by atoms with Gasteiger partial charge in [0, 0.05) is 13.1 Å². The maximum atomic E-state index is 13.2. The van der Waals surface area contributed by atoms with Gasteiger partial charge in [0.25, 0.3) is 0 Å². The lowest BCUT2D eigenvalue weighted by molar-refractivity contribution is -0.141. The third-order valence-corrected chi connectivity index (χ3v) is 5.47. The summed E-state index contributed by atoms with van der Waals surface area (Å²) in [6.45, 7) is 3.15. The molecule has 2 atom stereocenters. The lowest BCUT2D eigenvalue weighted by atomic mass is 9.77. The first-order valence-corrected chi connectivity index (χ1v) is 8.26. The molecule has 0 spiro atoms. The number of aliphatic hydroxyl groups is 1. The third-order valence-electron chi connectivity index (χ3n) is 5.47. The van der Waals surface area contributed by atoms with Crippen LogP contribution in [0.25, 0.3) is 0 Å². The lowest BCUT2D eigenvalue weighted by Gasteiger charge is -2.40. The molecule has 3 nitrogen and oxygen atoms in total. The number of carbonyl (C=O) groups is 1. The van der Waals surface area contributed by atoms with Crippen LogP contribution in [0.5, 0.6) is 0 Å². The number of β-amino-alcohol motifs (C(OH)–C–C–N with tert-alkyl or cyclic N) is 1. The molecule has 1 aliphatic heterocycles. The van der Waals surface area contributed by atoms with E-state index in [2.05, 4.69) is 0 Å². The van der Waals surface area contributed by atoms with Crippen molar-refractivity contribution in [2.24, 2.45) is 5.92 Å². The summed E-state index contributed by atoms with van der Waals surface area (Å²) in [5.74, 6) is 0.0866. The van der Waals surface area contributed by atoms with Gasteiger partial charge in [-0.1, -0.05) is 31.9 Å². The van der Waals surface area contributed by atoms with Gasteiger partial charge in [-0.3, -0.25) is 4.79 Å². The van der Waals surface area contributed by atoms with Gasteiger partial charge < -0.3 is 10.0 Å². The number of piperidine rings is 1. The van der Waals surface area contributed by atoms with Gasteiger partial charge in [0.15, 0.2) is 0 Å². The van der Waals surface area contributed by atoms with Crippen LogP contribution in [-0.2, 0) is 10.2 Å². The first-order valence-electron chi connectivity index (χ1n) is 8.26. The summed E-state index contributed by atoms with van der Waals surface area (Å²) in [5, 5.41) is 10.1. The number of rotatable bonds is 2. The Balaban J connectivity index is 1.87. The van der Waals surface area contributed by atoms with E-state index < -0.39 is 11.5 Å². The number of likely N-dealkylation sites (tertiary alicyclic amines) is 1. The number of carbonyl (C=O) groups excluding carboxylic acids is 1. The van der Waals surface area contributed by atoms with Crippen molar-refractivity contribution >= 4 is 5.91 Å². The fourth-order valence-corrected chi connectivity index (χ4v) is 3.91. The zero-order chi connectivity index (χ0) is 15.7. The molecule has 2 fully saturated rings. The van der Waals surface area contributed by atoms with Crippen LogP contribution >= 0.6 is 0 Å². The van der Waals surface area contributed by atoms with Gasteiger partial charge in [0.05, 0.1) is 11.5 Å². The Morgan fingerprint density at radius 3 is 2.50 bits per heavy atom. The van der Waals surface area contributed by atoms with Gasteiger partial charge >= 0.3 is 0 Å². The number of benzene rings is 1. The van der Waals surface area contributed by atoms with Crippen LogP contribution in [-0.4, -0.2) is 35.1 Å². The van der Waals surface area contributed by atoms with Gasteiger partial charge in [-0.2, -0.15) is 0 Å². The van der Waals surface area contributed by atoms with Crippen molar-refractivity contribution in [1.82, 2.24) is 4.90 Å². The molecule has 0 aromatic heterocycles. The number of halogens is 1. The average Bonchev–Trinajstić information content (AvgIpc) is 3.01. The molecule has 120 valence electrons. The van der Waals surface area contributed by atoms with Crippen molar-refractivity contribution in [3.8, 4) is 0 Å². The smallest absolute Gasteiger partial charge is 0.233 e. The molecule has 1 saturated carbocycles. The van der Waals surface area contributed by atoms with E-state index in [1.807, 2.05) is 11.8 Å². The van der Waals surface area contributed by atoms with Crippen LogP contribution in [0.4, 0.5) is 4.39 Å². The normalized spacial score (nSPS) is 27.9. The molecule has 4 heteroatoms. The SMILES string of the molecule is CC1CCN(C(=O)C2(c3ccc(F)cc3)CCCC2)CC1O. The average molecular weight is 305 g/mol. The minimum absolute atomic E-state index is 0.113. The fourth-order valence-electron chi connectivity index (χ4n) is 3.91. The molecule has 0 radical (unpaired) electrons. The van der Waals surface area contributed by atoms with Crippen LogP contribution in [0.15, 0.2) is 24.3 Å². The standard InChI is InChI=1S/C18H24FNO2/c1-13-8-11-20(12-16(13)21)17(22)18(9-2-3-10-18)14-4-6-15(19)7-5-14/h4-7,13,16,21H,2-3,8-12H2,1H3. The second-order valence-corrected chi connectivity index (χ2v) is 6.88. The summed E-state index contributed by atoms with van der Waals surface area (Å²) in [5.41, 5.74) is 0.401. The van der Waals surface area contributed by atoms with E-state index in [0.29, 0.717) is 13.1 Å². The summed E-state index contributed by atoms with van der Waals surface area (Å²) >= 11 is 0. The molecule has 1 aromatic rings. The Kier molecular flexibility index (Phi) is 4.22. The first kappa shape index (κ1) is 15.5. The molecule has 2 unspecified atom stereocenters. The Hall–Kier alpha value is -1.42. The number of hydrogen-bond donors (Lipinski definition) is 1. The maximum absolute atomic E-state index is 13.2. The zero-order valence-corrected chi connectivity index (χ0v) is 13.1. The van der Waals surface area contributed by atoms with Crippen molar-refractivity contribution in [3.63, 3.8) is 0 Å². The van der Waals surface area contributed by atoms with E-state index in [-0.39, 0.29) is 17.6 Å². The van der Waals surface area contributed by atoms with E-state index in [4.69, 9.17) is 0 Å². The molecule has 0 bridgehead atoms. The van der Waals surface area contributed by atoms with Crippen LogP contribution < -0.4 is 0 Å². The van der Waals surface area contributed by atoms with Gasteiger partial charge in [-0.15, -0.1) is 0 Å². The van der Waals surface area contributed by atoms with E-state index >= 15 is 0 Å². The van der Waals surface area contributed by atoms with E-state index in [1.165, 1.54) is 12.1 Å². The zero-order valence-electron chi connectivity index (χ0n) is 13.1. The molecule has 1 amide bonds. The molecule has 1 heterocycles. The fraction of sp³-hybridized carbons (Fsp3) is 0.611. The summed E-state index contributed by atoms with van der Waals surface area (Å²) < 4.78 is 13.2. The molecule has 1 saturated heterocycles. The van der Waals surface area contributed by atoms with Crippen LogP contribution in [0.3, 0.4) is 0 Å². The third kappa shape index (κ3) is 2.65. The van der Waals surface area contributed by atoms with Crippen molar-refractivity contribution in [2.75, 3.05) is 13.1 Å². The molecule has 2 aliphatic rings. The molecule has 1 N–H and O–H groups in total. The predicted octanol–water partition coefficient (Wildman–Crippen LogP) is 2.87. The van der Waals surface area contributed by atoms with Crippen LogP contribution in [0, 0.1) is 11.7 Å². The van der Waals surface area contributed by atoms with E-state index in [0.717, 1.165) is 37.7 Å². The highest BCUT2D eigenvalue weighted by Crippen LogP contribution is 2.43. The number of nitrogens with zero attached hydrogens (tertiary/aromatic N) is 1. The Labute approximate surface area is 131 Å². The van der Waals surface area contributed by atoms with Gasteiger partial charge in [-0.05, 0) is 42.9 Å². The largest absolute Gasteiger partial charge is 0.391 e. The number of hydrogen-bond acceptors (Lipinski definition) is 2. The quantitative estimate of drug-likeness (QED) is 0.913. The summed E-state index contributed by atoms with van der Waals surface area (Å²) in [7, 11) is 0. The van der Waals surface area contributed by atoms with Gasteiger partial charge in [0.1, 0.15) is 5.82 Å². The minimum Gasteiger partial charge on any atom is -0.391 e. The van der Waals surface area contributed by atoms with E-state index in [1.54, 1.807) is 12.1 Å². The molecule has 3 rings (SSSR count). The van der Waals surface area contributed by atoms with Crippen LogP contribution in [0.1, 0.15) is 44.6 Å². The van der Waals surface area contributed by atoms with Crippen molar-refractivity contribution in [2.45, 2.75) is 50.5 Å². The minimum atomic E-state index is -0.520. The van der Waals surface area contributed by atoms with Crippen molar-refractivity contribution in [3.05, 3.63) is 35.6 Å².